The van der Waals surface area contributed by atoms with Gasteiger partial charge >= 0.3 is 0 Å². The van der Waals surface area contributed by atoms with Crippen molar-refractivity contribution in [3.8, 4) is 0 Å². The van der Waals surface area contributed by atoms with Crippen LogP contribution in [0.15, 0.2) is 24.3 Å². The van der Waals surface area contributed by atoms with Crippen molar-refractivity contribution in [1.82, 2.24) is 0 Å². The summed E-state index contributed by atoms with van der Waals surface area (Å²) in [6.45, 7) is 7.53. The van der Waals surface area contributed by atoms with Crippen molar-refractivity contribution in [2.75, 3.05) is 0 Å². The minimum atomic E-state index is 0.538. The van der Waals surface area contributed by atoms with Gasteiger partial charge in [0, 0.05) is 0 Å². The predicted octanol–water partition coefficient (Wildman–Crippen LogP) is 6.39. The van der Waals surface area contributed by atoms with Crippen LogP contribution in [0.4, 0.5) is 0 Å². The van der Waals surface area contributed by atoms with Gasteiger partial charge in [-0.05, 0) is 60.7 Å². The second-order valence-electron chi connectivity index (χ2n) is 8.47. The predicted molar refractivity (Wildman–Crippen MR) is 92.1 cm³/mol. The number of allylic oxidation sites excluding steroid dienone is 4. The first-order valence-corrected chi connectivity index (χ1v) is 9.49. The quantitative estimate of drug-likeness (QED) is 0.549. The lowest BCUT2D eigenvalue weighted by atomic mass is 9.64. The van der Waals surface area contributed by atoms with Crippen molar-refractivity contribution in [2.24, 2.45) is 35.0 Å². The Labute approximate surface area is 132 Å². The molecule has 0 saturated heterocycles. The molecule has 0 aromatic carbocycles. The van der Waals surface area contributed by atoms with Crippen molar-refractivity contribution < 1.29 is 0 Å². The fourth-order valence-corrected chi connectivity index (χ4v) is 5.70. The summed E-state index contributed by atoms with van der Waals surface area (Å²) in [5, 5.41) is 0. The maximum absolute atomic E-state index is 2.60. The molecule has 0 spiro atoms. The molecule has 0 nitrogen and oxygen atoms in total. The third-order valence-electron chi connectivity index (χ3n) is 7.08. The highest BCUT2D eigenvalue weighted by atomic mass is 14.5. The van der Waals surface area contributed by atoms with Gasteiger partial charge in [-0.25, -0.2) is 0 Å². The number of unbranched alkanes of at least 4 members (excludes halogenated alkanes) is 1. The van der Waals surface area contributed by atoms with Crippen LogP contribution >= 0.6 is 0 Å². The minimum absolute atomic E-state index is 0.538. The molecule has 4 atom stereocenters. The lowest BCUT2D eigenvalue weighted by Crippen LogP contribution is -2.34. The molecular formula is C21H34. The highest BCUT2D eigenvalue weighted by Crippen LogP contribution is 2.57. The zero-order valence-electron chi connectivity index (χ0n) is 14.4. The number of hydrogen-bond acceptors (Lipinski definition) is 0. The second kappa shape index (κ2) is 6.31. The fraction of sp³-hybridized carbons (Fsp3) is 0.810. The van der Waals surface area contributed by atoms with Gasteiger partial charge in [-0.2, -0.15) is 0 Å². The first-order valence-electron chi connectivity index (χ1n) is 9.49. The zero-order valence-corrected chi connectivity index (χ0v) is 14.4. The summed E-state index contributed by atoms with van der Waals surface area (Å²) in [6.07, 6.45) is 21.3. The Balaban J connectivity index is 1.78. The SMILES string of the molecule is CCCCC1CC(C(C)(C)C2CCCC2)C2C=CC=CC12. The summed E-state index contributed by atoms with van der Waals surface area (Å²) in [7, 11) is 0. The monoisotopic (exact) mass is 286 g/mol. The Morgan fingerprint density at radius 2 is 1.67 bits per heavy atom. The molecule has 0 aliphatic heterocycles. The first-order chi connectivity index (χ1) is 10.1. The van der Waals surface area contributed by atoms with Crippen molar-refractivity contribution in [3.63, 3.8) is 0 Å². The molecule has 2 fully saturated rings. The molecule has 118 valence electrons. The van der Waals surface area contributed by atoms with Crippen LogP contribution in [0.25, 0.3) is 0 Å². The summed E-state index contributed by atoms with van der Waals surface area (Å²) < 4.78 is 0. The largest absolute Gasteiger partial charge is 0.0806 e. The fourth-order valence-electron chi connectivity index (χ4n) is 5.70. The molecule has 0 radical (unpaired) electrons. The lowest BCUT2D eigenvalue weighted by molar-refractivity contribution is 0.0948. The molecule has 3 rings (SSSR count). The lowest BCUT2D eigenvalue weighted by Gasteiger charge is -2.41. The van der Waals surface area contributed by atoms with Crippen LogP contribution in [0.3, 0.4) is 0 Å². The first kappa shape index (κ1) is 15.4. The van der Waals surface area contributed by atoms with Gasteiger partial charge in [0.15, 0.2) is 0 Å². The van der Waals surface area contributed by atoms with Crippen molar-refractivity contribution in [2.45, 2.75) is 72.1 Å². The summed E-state index contributed by atoms with van der Waals surface area (Å²) in [4.78, 5) is 0. The van der Waals surface area contributed by atoms with Crippen LogP contribution in [0.5, 0.6) is 0 Å². The van der Waals surface area contributed by atoms with Gasteiger partial charge in [0.25, 0.3) is 0 Å². The van der Waals surface area contributed by atoms with E-state index in [2.05, 4.69) is 45.1 Å². The van der Waals surface area contributed by atoms with Gasteiger partial charge in [-0.15, -0.1) is 0 Å². The van der Waals surface area contributed by atoms with E-state index in [4.69, 9.17) is 0 Å². The molecule has 0 amide bonds. The average molecular weight is 287 g/mol. The molecule has 0 aromatic rings. The normalized spacial score (nSPS) is 36.3. The van der Waals surface area contributed by atoms with Crippen molar-refractivity contribution in [1.29, 1.82) is 0 Å². The third kappa shape index (κ3) is 2.88. The van der Waals surface area contributed by atoms with Crippen LogP contribution in [-0.2, 0) is 0 Å². The van der Waals surface area contributed by atoms with E-state index in [-0.39, 0.29) is 0 Å². The molecule has 0 bridgehead atoms. The van der Waals surface area contributed by atoms with Crippen LogP contribution < -0.4 is 0 Å². The Morgan fingerprint density at radius 1 is 1.00 bits per heavy atom. The van der Waals surface area contributed by atoms with E-state index in [1.165, 1.54) is 51.4 Å². The van der Waals surface area contributed by atoms with E-state index in [0.29, 0.717) is 5.41 Å². The summed E-state index contributed by atoms with van der Waals surface area (Å²) in [5.41, 5.74) is 0.538. The molecule has 3 aliphatic rings. The minimum Gasteiger partial charge on any atom is -0.0806 e. The van der Waals surface area contributed by atoms with Crippen LogP contribution in [0, 0.1) is 35.0 Å². The molecule has 0 aromatic heterocycles. The topological polar surface area (TPSA) is 0 Å². The maximum atomic E-state index is 2.60. The standard InChI is InChI=1S/C21H34/c1-4-5-10-16-15-20(19-14-9-8-13-18(16)19)21(2,3)17-11-6-7-12-17/h8-9,13-14,16-20H,4-7,10-12,15H2,1-3H3. The van der Waals surface area contributed by atoms with Gasteiger partial charge in [-0.3, -0.25) is 0 Å². The van der Waals surface area contributed by atoms with Gasteiger partial charge in [-0.1, -0.05) is 70.8 Å². The molecule has 2 saturated carbocycles. The van der Waals surface area contributed by atoms with Crippen LogP contribution in [-0.4, -0.2) is 0 Å². The smallest absolute Gasteiger partial charge is 0.0131 e. The Bertz CT molecular complexity index is 394. The number of rotatable bonds is 5. The molecule has 4 unspecified atom stereocenters. The Hall–Kier alpha value is -0.520. The maximum Gasteiger partial charge on any atom is -0.0131 e. The van der Waals surface area contributed by atoms with Crippen molar-refractivity contribution >= 4 is 0 Å². The third-order valence-corrected chi connectivity index (χ3v) is 7.08. The number of fused-ring (bicyclic) bond motifs is 1. The van der Waals surface area contributed by atoms with Crippen LogP contribution in [0.2, 0.25) is 0 Å². The van der Waals surface area contributed by atoms with E-state index in [1.54, 1.807) is 0 Å². The number of hydrogen-bond donors (Lipinski definition) is 0. The van der Waals surface area contributed by atoms with E-state index in [0.717, 1.165) is 29.6 Å². The molecule has 3 aliphatic carbocycles. The molecule has 21 heavy (non-hydrogen) atoms. The Morgan fingerprint density at radius 3 is 2.33 bits per heavy atom. The molecule has 0 heteroatoms. The molecular weight excluding hydrogens is 252 g/mol. The molecule has 0 N–H and O–H groups in total. The van der Waals surface area contributed by atoms with E-state index >= 15 is 0 Å². The highest BCUT2D eigenvalue weighted by Gasteiger charge is 2.49. The van der Waals surface area contributed by atoms with Crippen molar-refractivity contribution in [3.05, 3.63) is 24.3 Å². The summed E-state index contributed by atoms with van der Waals surface area (Å²) >= 11 is 0. The zero-order chi connectivity index (χ0) is 14.9. The van der Waals surface area contributed by atoms with E-state index < -0.39 is 0 Å². The second-order valence-corrected chi connectivity index (χ2v) is 8.47. The van der Waals surface area contributed by atoms with Gasteiger partial charge in [0.05, 0.1) is 0 Å². The van der Waals surface area contributed by atoms with Crippen LogP contribution in [0.1, 0.15) is 72.1 Å². The average Bonchev–Trinajstić information content (AvgIpc) is 3.14. The van der Waals surface area contributed by atoms with E-state index in [9.17, 15) is 0 Å². The van der Waals surface area contributed by atoms with Gasteiger partial charge in [0.1, 0.15) is 0 Å². The van der Waals surface area contributed by atoms with Gasteiger partial charge < -0.3 is 0 Å². The highest BCUT2D eigenvalue weighted by molar-refractivity contribution is 5.20. The summed E-state index contributed by atoms with van der Waals surface area (Å²) in [6, 6.07) is 0. The molecule has 0 heterocycles. The summed E-state index contributed by atoms with van der Waals surface area (Å²) in [5.74, 6) is 4.50. The van der Waals surface area contributed by atoms with Gasteiger partial charge in [0.2, 0.25) is 0 Å². The Kier molecular flexibility index (Phi) is 4.62. The van der Waals surface area contributed by atoms with E-state index in [1.807, 2.05) is 0 Å².